The normalized spacial score (nSPS) is 11.6. The van der Waals surface area contributed by atoms with Crippen LogP contribution in [0.1, 0.15) is 18.4 Å². The molecule has 0 aliphatic heterocycles. The zero-order valence-electron chi connectivity index (χ0n) is 10.2. The van der Waals surface area contributed by atoms with Crippen molar-refractivity contribution < 1.29 is 14.3 Å². The fraction of sp³-hybridized carbons (Fsp3) is 0.333. The van der Waals surface area contributed by atoms with Crippen molar-refractivity contribution in [2.24, 2.45) is 5.73 Å². The van der Waals surface area contributed by atoms with Crippen molar-refractivity contribution in [3.05, 3.63) is 29.8 Å². The van der Waals surface area contributed by atoms with Gasteiger partial charge in [-0.05, 0) is 24.6 Å². The van der Waals surface area contributed by atoms with Gasteiger partial charge in [0.1, 0.15) is 6.61 Å². The van der Waals surface area contributed by atoms with Crippen molar-refractivity contribution in [2.75, 3.05) is 18.9 Å². The van der Waals surface area contributed by atoms with E-state index in [9.17, 15) is 9.59 Å². The third kappa shape index (κ3) is 4.32. The Morgan fingerprint density at radius 3 is 2.78 bits per heavy atom. The maximum Gasteiger partial charge on any atom is 0.404 e. The van der Waals surface area contributed by atoms with Gasteiger partial charge in [0.05, 0.1) is 12.5 Å². The second-order valence-electron chi connectivity index (χ2n) is 3.85. The molecule has 0 saturated carbocycles. The zero-order chi connectivity index (χ0) is 13.5. The molecule has 2 amide bonds. The van der Waals surface area contributed by atoms with Crippen LogP contribution in [-0.4, -0.2) is 25.2 Å². The van der Waals surface area contributed by atoms with Crippen LogP contribution in [0.25, 0.3) is 0 Å². The van der Waals surface area contributed by atoms with Gasteiger partial charge in [0.2, 0.25) is 5.91 Å². The van der Waals surface area contributed by atoms with Crippen LogP contribution < -0.4 is 16.8 Å². The summed E-state index contributed by atoms with van der Waals surface area (Å²) in [5, 5.41) is 2.64. The lowest BCUT2D eigenvalue weighted by Crippen LogP contribution is -2.32. The fourth-order valence-electron chi connectivity index (χ4n) is 1.46. The molecule has 0 aromatic heterocycles. The molecule has 0 bridgehead atoms. The Hall–Kier alpha value is -2.24. The van der Waals surface area contributed by atoms with Crippen LogP contribution in [0.15, 0.2) is 24.3 Å². The average molecular weight is 251 g/mol. The summed E-state index contributed by atoms with van der Waals surface area (Å²) < 4.78 is 4.50. The summed E-state index contributed by atoms with van der Waals surface area (Å²) in [7, 11) is 0. The molecule has 5 N–H and O–H groups in total. The second-order valence-corrected chi connectivity index (χ2v) is 3.85. The molecule has 1 aromatic carbocycles. The van der Waals surface area contributed by atoms with Crippen LogP contribution in [0.5, 0.6) is 0 Å². The lowest BCUT2D eigenvalue weighted by atomic mass is 10.00. The molecule has 1 rings (SSSR count). The molecule has 0 spiro atoms. The minimum atomic E-state index is -0.854. The highest BCUT2D eigenvalue weighted by Crippen LogP contribution is 2.17. The Morgan fingerprint density at radius 1 is 1.44 bits per heavy atom. The van der Waals surface area contributed by atoms with E-state index in [-0.39, 0.29) is 25.0 Å². The predicted octanol–water partition coefficient (Wildman–Crippen LogP) is 0.584. The van der Waals surface area contributed by atoms with Crippen molar-refractivity contribution in [3.63, 3.8) is 0 Å². The van der Waals surface area contributed by atoms with Crippen molar-refractivity contribution in [1.82, 2.24) is 5.32 Å². The number of nitrogens with two attached hydrogens (primary N) is 2. The number of hydrogen-bond acceptors (Lipinski definition) is 4. The molecule has 6 nitrogen and oxygen atoms in total. The summed E-state index contributed by atoms with van der Waals surface area (Å²) in [5.41, 5.74) is 11.9. The monoisotopic (exact) mass is 251 g/mol. The van der Waals surface area contributed by atoms with Gasteiger partial charge in [-0.2, -0.15) is 0 Å². The molecular formula is C12H17N3O3. The van der Waals surface area contributed by atoms with E-state index in [1.54, 1.807) is 25.1 Å². The predicted molar refractivity (Wildman–Crippen MR) is 67.8 cm³/mol. The molecule has 98 valence electrons. The highest BCUT2D eigenvalue weighted by atomic mass is 16.5. The number of benzene rings is 1. The van der Waals surface area contributed by atoms with Crippen LogP contribution in [0.4, 0.5) is 10.5 Å². The Kier molecular flexibility index (Phi) is 4.98. The molecule has 0 heterocycles. The van der Waals surface area contributed by atoms with E-state index in [1.165, 1.54) is 0 Å². The molecule has 0 aliphatic carbocycles. The summed E-state index contributed by atoms with van der Waals surface area (Å²) in [6.07, 6.45) is -0.854. The number of carbonyl (C=O) groups excluding carboxylic acids is 2. The van der Waals surface area contributed by atoms with E-state index < -0.39 is 6.09 Å². The first-order valence-corrected chi connectivity index (χ1v) is 5.56. The summed E-state index contributed by atoms with van der Waals surface area (Å²) in [4.78, 5) is 22.1. The molecule has 6 heteroatoms. The summed E-state index contributed by atoms with van der Waals surface area (Å²) in [6, 6.07) is 7.14. The van der Waals surface area contributed by atoms with Gasteiger partial charge >= 0.3 is 6.09 Å². The molecule has 0 fully saturated rings. The van der Waals surface area contributed by atoms with Crippen molar-refractivity contribution in [3.8, 4) is 0 Å². The number of primary amides is 1. The number of carbonyl (C=O) groups is 2. The Bertz CT molecular complexity index is 434. The number of nitrogen functional groups attached to an aromatic ring is 1. The Balaban J connectivity index is 2.44. The van der Waals surface area contributed by atoms with E-state index in [1.807, 2.05) is 6.07 Å². The number of hydrogen-bond donors (Lipinski definition) is 3. The number of rotatable bonds is 5. The maximum absolute atomic E-state index is 11.8. The van der Waals surface area contributed by atoms with E-state index in [0.29, 0.717) is 5.69 Å². The molecule has 18 heavy (non-hydrogen) atoms. The van der Waals surface area contributed by atoms with E-state index in [2.05, 4.69) is 10.1 Å². The summed E-state index contributed by atoms with van der Waals surface area (Å²) in [6.45, 7) is 2.07. The summed E-state index contributed by atoms with van der Waals surface area (Å²) >= 11 is 0. The maximum atomic E-state index is 11.8. The molecule has 1 atom stereocenters. The third-order valence-corrected chi connectivity index (χ3v) is 2.45. The fourth-order valence-corrected chi connectivity index (χ4v) is 1.46. The summed E-state index contributed by atoms with van der Waals surface area (Å²) in [5.74, 6) is -0.476. The minimum Gasteiger partial charge on any atom is -0.448 e. The Labute approximate surface area is 105 Å². The number of amides is 2. The van der Waals surface area contributed by atoms with E-state index >= 15 is 0 Å². The van der Waals surface area contributed by atoms with Gasteiger partial charge in [-0.15, -0.1) is 0 Å². The Morgan fingerprint density at radius 2 is 2.17 bits per heavy atom. The quantitative estimate of drug-likeness (QED) is 0.525. The van der Waals surface area contributed by atoms with Gasteiger partial charge in [-0.25, -0.2) is 4.79 Å². The first kappa shape index (κ1) is 13.8. The molecule has 0 aliphatic rings. The van der Waals surface area contributed by atoms with Crippen LogP contribution in [0.2, 0.25) is 0 Å². The number of anilines is 1. The molecular weight excluding hydrogens is 234 g/mol. The van der Waals surface area contributed by atoms with Crippen LogP contribution in [0.3, 0.4) is 0 Å². The van der Waals surface area contributed by atoms with Crippen molar-refractivity contribution >= 4 is 17.7 Å². The standard InChI is InChI=1S/C12H17N3O3/c1-8(9-3-2-4-10(13)7-9)11(16)15-5-6-18-12(14)17/h2-4,7-8H,5-6,13H2,1H3,(H2,14,17)(H,15,16). The first-order valence-electron chi connectivity index (χ1n) is 5.56. The SMILES string of the molecule is CC(C(=O)NCCOC(N)=O)c1cccc(N)c1. The zero-order valence-corrected chi connectivity index (χ0v) is 10.2. The van der Waals surface area contributed by atoms with Crippen LogP contribution >= 0.6 is 0 Å². The minimum absolute atomic E-state index is 0.0602. The molecule has 1 aromatic rings. The lowest BCUT2D eigenvalue weighted by Gasteiger charge is -2.12. The van der Waals surface area contributed by atoms with Crippen LogP contribution in [0, 0.1) is 0 Å². The van der Waals surface area contributed by atoms with Gasteiger partial charge in [-0.1, -0.05) is 12.1 Å². The average Bonchev–Trinajstić information content (AvgIpc) is 2.33. The highest BCUT2D eigenvalue weighted by Gasteiger charge is 2.14. The molecule has 1 unspecified atom stereocenters. The smallest absolute Gasteiger partial charge is 0.404 e. The second kappa shape index (κ2) is 6.48. The van der Waals surface area contributed by atoms with Crippen molar-refractivity contribution in [1.29, 1.82) is 0 Å². The third-order valence-electron chi connectivity index (χ3n) is 2.45. The number of ether oxygens (including phenoxy) is 1. The molecule has 0 radical (unpaired) electrons. The van der Waals surface area contributed by atoms with Gasteiger partial charge in [0.15, 0.2) is 0 Å². The van der Waals surface area contributed by atoms with Crippen molar-refractivity contribution in [2.45, 2.75) is 12.8 Å². The van der Waals surface area contributed by atoms with E-state index in [0.717, 1.165) is 5.56 Å². The largest absolute Gasteiger partial charge is 0.448 e. The van der Waals surface area contributed by atoms with Gasteiger partial charge in [0, 0.05) is 5.69 Å². The lowest BCUT2D eigenvalue weighted by molar-refractivity contribution is -0.122. The van der Waals surface area contributed by atoms with Gasteiger partial charge in [0.25, 0.3) is 0 Å². The first-order chi connectivity index (χ1) is 8.50. The van der Waals surface area contributed by atoms with Gasteiger partial charge < -0.3 is 21.5 Å². The number of nitrogens with one attached hydrogen (secondary N) is 1. The molecule has 0 saturated heterocycles. The topological polar surface area (TPSA) is 107 Å². The highest BCUT2D eigenvalue weighted by molar-refractivity contribution is 5.83. The van der Waals surface area contributed by atoms with Crippen LogP contribution in [-0.2, 0) is 9.53 Å². The van der Waals surface area contributed by atoms with Gasteiger partial charge in [-0.3, -0.25) is 4.79 Å². The van der Waals surface area contributed by atoms with E-state index in [4.69, 9.17) is 11.5 Å².